The monoisotopic (exact) mass is 433 g/mol. The van der Waals surface area contributed by atoms with Gasteiger partial charge in [0.2, 0.25) is 23.6 Å². The molecule has 14 heteroatoms. The molecule has 14 nitrogen and oxygen atoms in total. The molecule has 0 bridgehead atoms. The number of carboxylic acid groups (broad SMARTS) is 2. The van der Waals surface area contributed by atoms with Crippen molar-refractivity contribution in [1.82, 2.24) is 16.0 Å². The average Bonchev–Trinajstić information content (AvgIpc) is 2.66. The van der Waals surface area contributed by atoms with Crippen LogP contribution < -0.4 is 27.4 Å². The number of carbonyl (C=O) groups is 6. The summed E-state index contributed by atoms with van der Waals surface area (Å²) < 4.78 is 0. The Balaban J connectivity index is 5.05. The van der Waals surface area contributed by atoms with E-state index in [-0.39, 0.29) is 19.3 Å². The number of nitrogens with one attached hydrogen (secondary N) is 3. The first kappa shape index (κ1) is 26.7. The van der Waals surface area contributed by atoms with Gasteiger partial charge in [-0.05, 0) is 19.8 Å². The molecule has 0 heterocycles. The van der Waals surface area contributed by atoms with E-state index in [1.807, 2.05) is 0 Å². The lowest BCUT2D eigenvalue weighted by molar-refractivity contribution is -0.143. The zero-order valence-electron chi connectivity index (χ0n) is 16.3. The van der Waals surface area contributed by atoms with Gasteiger partial charge in [0.25, 0.3) is 0 Å². The van der Waals surface area contributed by atoms with Crippen LogP contribution in [0.3, 0.4) is 0 Å². The lowest BCUT2D eigenvalue weighted by Gasteiger charge is -2.23. The average molecular weight is 433 g/mol. The molecule has 0 aromatic carbocycles. The van der Waals surface area contributed by atoms with Crippen LogP contribution in [-0.4, -0.2) is 81.7 Å². The highest BCUT2D eigenvalue weighted by Gasteiger charge is 2.28. The van der Waals surface area contributed by atoms with Crippen LogP contribution in [0.15, 0.2) is 0 Å². The van der Waals surface area contributed by atoms with Gasteiger partial charge in [0.15, 0.2) is 0 Å². The molecule has 0 rings (SSSR count). The first-order chi connectivity index (χ1) is 13.9. The molecule has 0 saturated carbocycles. The smallest absolute Gasteiger partial charge is 0.326 e. The summed E-state index contributed by atoms with van der Waals surface area (Å²) in [6.07, 6.45) is -1.35. The summed E-state index contributed by atoms with van der Waals surface area (Å²) in [4.78, 5) is 69.1. The highest BCUT2D eigenvalue weighted by Crippen LogP contribution is 2.02. The van der Waals surface area contributed by atoms with E-state index in [4.69, 9.17) is 26.8 Å². The second-order valence-corrected chi connectivity index (χ2v) is 6.42. The van der Waals surface area contributed by atoms with Crippen molar-refractivity contribution in [1.29, 1.82) is 0 Å². The van der Waals surface area contributed by atoms with E-state index in [1.54, 1.807) is 0 Å². The van der Waals surface area contributed by atoms with Crippen LogP contribution >= 0.6 is 0 Å². The number of rotatable bonds is 14. The summed E-state index contributed by atoms with van der Waals surface area (Å²) in [6, 6.07) is -5.37. The van der Waals surface area contributed by atoms with Gasteiger partial charge in [-0.25, -0.2) is 4.79 Å². The number of hydrogen-bond acceptors (Lipinski definition) is 8. The number of aliphatic hydroxyl groups is 1. The van der Waals surface area contributed by atoms with Gasteiger partial charge in [0.05, 0.1) is 6.61 Å². The number of aliphatic carboxylic acids is 2. The van der Waals surface area contributed by atoms with Gasteiger partial charge in [0.1, 0.15) is 24.2 Å². The van der Waals surface area contributed by atoms with E-state index in [2.05, 4.69) is 16.0 Å². The Hall–Kier alpha value is -3.26. The molecule has 170 valence electrons. The zero-order chi connectivity index (χ0) is 23.4. The number of aliphatic hydroxyl groups excluding tert-OH is 1. The predicted molar refractivity (Wildman–Crippen MR) is 99.5 cm³/mol. The molecule has 10 N–H and O–H groups in total. The molecule has 0 aromatic rings. The van der Waals surface area contributed by atoms with Gasteiger partial charge in [-0.15, -0.1) is 0 Å². The van der Waals surface area contributed by atoms with Crippen LogP contribution in [0.25, 0.3) is 0 Å². The third kappa shape index (κ3) is 10.3. The number of amides is 4. The molecule has 0 spiro atoms. The van der Waals surface area contributed by atoms with Gasteiger partial charge < -0.3 is 42.7 Å². The topological polar surface area (TPSA) is 251 Å². The molecule has 4 unspecified atom stereocenters. The molecule has 0 fully saturated rings. The lowest BCUT2D eigenvalue weighted by atomic mass is 10.1. The quantitative estimate of drug-likeness (QED) is 0.132. The van der Waals surface area contributed by atoms with E-state index in [1.165, 1.54) is 6.92 Å². The Kier molecular flexibility index (Phi) is 11.6. The second-order valence-electron chi connectivity index (χ2n) is 6.42. The first-order valence-corrected chi connectivity index (χ1v) is 8.89. The maximum atomic E-state index is 12.4. The van der Waals surface area contributed by atoms with Crippen LogP contribution in [0.1, 0.15) is 32.6 Å². The molecule has 0 aliphatic carbocycles. The molecule has 0 saturated heterocycles. The fourth-order valence-corrected chi connectivity index (χ4v) is 2.12. The summed E-state index contributed by atoms with van der Waals surface area (Å²) in [6.45, 7) is 0.539. The predicted octanol–water partition coefficient (Wildman–Crippen LogP) is -4.00. The second kappa shape index (κ2) is 13.1. The third-order valence-corrected chi connectivity index (χ3v) is 3.86. The van der Waals surface area contributed by atoms with Crippen molar-refractivity contribution in [3.63, 3.8) is 0 Å². The van der Waals surface area contributed by atoms with Gasteiger partial charge in [-0.1, -0.05) is 0 Å². The van der Waals surface area contributed by atoms with Crippen LogP contribution in [0.5, 0.6) is 0 Å². The van der Waals surface area contributed by atoms with Crippen molar-refractivity contribution in [2.45, 2.75) is 56.8 Å². The zero-order valence-corrected chi connectivity index (χ0v) is 16.3. The van der Waals surface area contributed by atoms with Gasteiger partial charge in [-0.2, -0.15) is 0 Å². The maximum Gasteiger partial charge on any atom is 0.326 e. The Morgan fingerprint density at radius 2 is 1.37 bits per heavy atom. The Labute approximate surface area is 171 Å². The van der Waals surface area contributed by atoms with Crippen LogP contribution in [0, 0.1) is 0 Å². The Morgan fingerprint density at radius 3 is 1.83 bits per heavy atom. The third-order valence-electron chi connectivity index (χ3n) is 3.86. The van der Waals surface area contributed by atoms with Crippen molar-refractivity contribution >= 4 is 35.6 Å². The van der Waals surface area contributed by atoms with E-state index in [0.717, 1.165) is 0 Å². The number of primary amides is 1. The van der Waals surface area contributed by atoms with Gasteiger partial charge in [0, 0.05) is 12.8 Å². The minimum absolute atomic E-state index is 0.213. The number of nitrogens with two attached hydrogens (primary N) is 2. The van der Waals surface area contributed by atoms with E-state index >= 15 is 0 Å². The molecule has 0 aliphatic rings. The number of carbonyl (C=O) groups excluding carboxylic acids is 4. The van der Waals surface area contributed by atoms with Crippen LogP contribution in [0.2, 0.25) is 0 Å². The summed E-state index contributed by atoms with van der Waals surface area (Å²) in [7, 11) is 0. The lowest BCUT2D eigenvalue weighted by Crippen LogP contribution is -2.56. The Morgan fingerprint density at radius 1 is 0.833 bits per heavy atom. The minimum atomic E-state index is -1.49. The summed E-state index contributed by atoms with van der Waals surface area (Å²) >= 11 is 0. The largest absolute Gasteiger partial charge is 0.481 e. The number of hydrogen-bond donors (Lipinski definition) is 8. The molecule has 0 aliphatic heterocycles. The van der Waals surface area contributed by atoms with Gasteiger partial charge >= 0.3 is 11.9 Å². The summed E-state index contributed by atoms with van der Waals surface area (Å²) in [5, 5.41) is 33.2. The molecule has 4 amide bonds. The SMILES string of the molecule is CC(NC(=O)C(CCC(N)=O)NC(=O)C(N)CO)C(=O)NC(CCC(=O)O)C(=O)O. The highest BCUT2D eigenvalue weighted by molar-refractivity contribution is 5.94. The number of carboxylic acids is 2. The van der Waals surface area contributed by atoms with E-state index in [0.29, 0.717) is 0 Å². The highest BCUT2D eigenvalue weighted by atomic mass is 16.4. The van der Waals surface area contributed by atoms with Crippen molar-refractivity contribution in [3.8, 4) is 0 Å². The molecule has 4 atom stereocenters. The summed E-state index contributed by atoms with van der Waals surface area (Å²) in [5.41, 5.74) is 10.4. The minimum Gasteiger partial charge on any atom is -0.481 e. The van der Waals surface area contributed by atoms with Crippen molar-refractivity contribution in [2.75, 3.05) is 6.61 Å². The fourth-order valence-electron chi connectivity index (χ4n) is 2.12. The van der Waals surface area contributed by atoms with Crippen LogP contribution in [-0.2, 0) is 28.8 Å². The standard InChI is InChI=1S/C16H27N5O9/c1-7(13(26)21-10(16(29)30)3-5-12(24)25)19-15(28)9(2-4-11(18)23)20-14(27)8(17)6-22/h7-10,22H,2-6,17H2,1H3,(H2,18,23)(H,19,28)(H,20,27)(H,21,26)(H,24,25)(H,29,30). The van der Waals surface area contributed by atoms with Crippen molar-refractivity contribution < 1.29 is 44.1 Å². The van der Waals surface area contributed by atoms with Crippen LogP contribution in [0.4, 0.5) is 0 Å². The maximum absolute atomic E-state index is 12.4. The molecular weight excluding hydrogens is 406 g/mol. The first-order valence-electron chi connectivity index (χ1n) is 8.89. The van der Waals surface area contributed by atoms with E-state index in [9.17, 15) is 28.8 Å². The normalized spacial score (nSPS) is 14.5. The van der Waals surface area contributed by atoms with E-state index < -0.39 is 72.8 Å². The van der Waals surface area contributed by atoms with Crippen molar-refractivity contribution in [2.24, 2.45) is 11.5 Å². The molecular formula is C16H27N5O9. The molecule has 0 aromatic heterocycles. The van der Waals surface area contributed by atoms with Gasteiger partial charge in [-0.3, -0.25) is 24.0 Å². The summed E-state index contributed by atoms with van der Waals surface area (Å²) in [5.74, 6) is -6.11. The fraction of sp³-hybridized carbons (Fsp3) is 0.625. The molecule has 30 heavy (non-hydrogen) atoms. The Bertz CT molecular complexity index is 669. The molecule has 0 radical (unpaired) electrons. The van der Waals surface area contributed by atoms with Crippen molar-refractivity contribution in [3.05, 3.63) is 0 Å².